The number of halogens is 2. The number of anilines is 1. The third-order valence-corrected chi connectivity index (χ3v) is 4.91. The van der Waals surface area contributed by atoms with Crippen LogP contribution in [0.5, 0.6) is 0 Å². The number of hydrogen-bond donors (Lipinski definition) is 1. The molecule has 1 heterocycles. The maximum atomic E-state index is 5.94. The fourth-order valence-corrected chi connectivity index (χ4v) is 3.07. The van der Waals surface area contributed by atoms with Gasteiger partial charge in [0.2, 0.25) is 0 Å². The van der Waals surface area contributed by atoms with Crippen molar-refractivity contribution in [2.45, 2.75) is 19.9 Å². The molecule has 1 aromatic carbocycles. The lowest BCUT2D eigenvalue weighted by Gasteiger charge is -2.14. The van der Waals surface area contributed by atoms with Crippen LogP contribution in [-0.4, -0.2) is 0 Å². The van der Waals surface area contributed by atoms with Gasteiger partial charge in [0.25, 0.3) is 0 Å². The minimum absolute atomic E-state index is 0.275. The van der Waals surface area contributed by atoms with Gasteiger partial charge >= 0.3 is 0 Å². The summed E-state index contributed by atoms with van der Waals surface area (Å²) in [5.74, 6) is 0. The first kappa shape index (κ1) is 13.2. The molecule has 0 aliphatic carbocycles. The molecular formula is C13H13ClINS. The van der Waals surface area contributed by atoms with Crippen LogP contribution in [-0.2, 0) is 0 Å². The Morgan fingerprint density at radius 2 is 2.12 bits per heavy atom. The van der Waals surface area contributed by atoms with Crippen molar-refractivity contribution in [2.24, 2.45) is 0 Å². The molecule has 0 aliphatic heterocycles. The molecule has 0 aliphatic rings. The first-order valence-electron chi connectivity index (χ1n) is 5.33. The van der Waals surface area contributed by atoms with E-state index < -0.39 is 0 Å². The number of nitrogens with one attached hydrogen (secondary N) is 1. The lowest BCUT2D eigenvalue weighted by Crippen LogP contribution is -2.05. The Bertz CT molecular complexity index is 524. The zero-order chi connectivity index (χ0) is 12.4. The van der Waals surface area contributed by atoms with Gasteiger partial charge in [-0.25, -0.2) is 0 Å². The molecule has 1 nitrogen and oxygen atoms in total. The summed E-state index contributed by atoms with van der Waals surface area (Å²) in [6.07, 6.45) is 0. The lowest BCUT2D eigenvalue weighted by molar-refractivity contribution is 0.890. The molecular weight excluding hydrogens is 365 g/mol. The van der Waals surface area contributed by atoms with Crippen molar-refractivity contribution in [2.75, 3.05) is 5.32 Å². The number of hydrogen-bond acceptors (Lipinski definition) is 2. The van der Waals surface area contributed by atoms with Gasteiger partial charge in [0, 0.05) is 15.3 Å². The SMILES string of the molecule is Cc1ccc(NC(C)c2csc(Cl)c2)cc1I. The molecule has 2 aromatic rings. The second-order valence-electron chi connectivity index (χ2n) is 4.01. The molecule has 4 heteroatoms. The Balaban J connectivity index is 2.12. The highest BCUT2D eigenvalue weighted by atomic mass is 127. The summed E-state index contributed by atoms with van der Waals surface area (Å²) < 4.78 is 2.12. The topological polar surface area (TPSA) is 12.0 Å². The van der Waals surface area contributed by atoms with Crippen LogP contribution in [0, 0.1) is 10.5 Å². The largest absolute Gasteiger partial charge is 0.378 e. The first-order chi connectivity index (χ1) is 8.06. The number of rotatable bonds is 3. The van der Waals surface area contributed by atoms with Crippen LogP contribution >= 0.6 is 45.5 Å². The zero-order valence-corrected chi connectivity index (χ0v) is 13.4. The predicted octanol–water partition coefficient (Wildman–Crippen LogP) is 5.49. The van der Waals surface area contributed by atoms with Crippen molar-refractivity contribution >= 4 is 51.2 Å². The normalized spacial score (nSPS) is 12.5. The van der Waals surface area contributed by atoms with E-state index >= 15 is 0 Å². The molecule has 0 amide bonds. The highest BCUT2D eigenvalue weighted by molar-refractivity contribution is 14.1. The second-order valence-corrected chi connectivity index (χ2v) is 6.72. The second kappa shape index (κ2) is 5.59. The molecule has 0 radical (unpaired) electrons. The van der Waals surface area contributed by atoms with Gasteiger partial charge in [-0.3, -0.25) is 0 Å². The Morgan fingerprint density at radius 3 is 2.71 bits per heavy atom. The minimum atomic E-state index is 0.275. The molecule has 0 fully saturated rings. The molecule has 1 N–H and O–H groups in total. The van der Waals surface area contributed by atoms with E-state index in [0.717, 1.165) is 10.0 Å². The van der Waals surface area contributed by atoms with E-state index in [-0.39, 0.29) is 6.04 Å². The molecule has 0 saturated heterocycles. The fraction of sp³-hybridized carbons (Fsp3) is 0.231. The van der Waals surface area contributed by atoms with Crippen LogP contribution in [0.25, 0.3) is 0 Å². The molecule has 90 valence electrons. The summed E-state index contributed by atoms with van der Waals surface area (Å²) >= 11 is 9.87. The van der Waals surface area contributed by atoms with E-state index in [9.17, 15) is 0 Å². The van der Waals surface area contributed by atoms with Crippen LogP contribution in [0.1, 0.15) is 24.1 Å². The average Bonchev–Trinajstić information content (AvgIpc) is 2.70. The van der Waals surface area contributed by atoms with E-state index in [1.807, 2.05) is 6.07 Å². The molecule has 0 spiro atoms. The van der Waals surface area contributed by atoms with Crippen LogP contribution < -0.4 is 5.32 Å². The first-order valence-corrected chi connectivity index (χ1v) is 7.66. The zero-order valence-electron chi connectivity index (χ0n) is 9.63. The van der Waals surface area contributed by atoms with Gasteiger partial charge in [-0.2, -0.15) is 0 Å². The van der Waals surface area contributed by atoms with E-state index in [1.165, 1.54) is 14.7 Å². The third kappa shape index (κ3) is 3.36. The maximum absolute atomic E-state index is 5.94. The lowest BCUT2D eigenvalue weighted by atomic mass is 10.1. The van der Waals surface area contributed by atoms with Gasteiger partial charge in [-0.15, -0.1) is 11.3 Å². The molecule has 17 heavy (non-hydrogen) atoms. The number of benzene rings is 1. The van der Waals surface area contributed by atoms with Gasteiger partial charge < -0.3 is 5.32 Å². The molecule has 1 atom stereocenters. The van der Waals surface area contributed by atoms with Crippen molar-refractivity contribution in [3.63, 3.8) is 0 Å². The van der Waals surface area contributed by atoms with Crippen LogP contribution in [0.3, 0.4) is 0 Å². The summed E-state index contributed by atoms with van der Waals surface area (Å²) in [5, 5.41) is 5.58. The molecule has 1 aromatic heterocycles. The number of thiophene rings is 1. The summed E-state index contributed by atoms with van der Waals surface area (Å²) in [7, 11) is 0. The standard InChI is InChI=1S/C13H13ClINS/c1-8-3-4-11(6-12(8)15)16-9(2)10-5-13(14)17-7-10/h3-7,9,16H,1-2H3. The van der Waals surface area contributed by atoms with Crippen molar-refractivity contribution < 1.29 is 0 Å². The highest BCUT2D eigenvalue weighted by Gasteiger charge is 2.08. The molecule has 0 saturated carbocycles. The van der Waals surface area contributed by atoms with Crippen molar-refractivity contribution in [3.05, 3.63) is 48.7 Å². The quantitative estimate of drug-likeness (QED) is 0.698. The Hall–Kier alpha value is -0.260. The Labute approximate surface area is 124 Å². The monoisotopic (exact) mass is 377 g/mol. The van der Waals surface area contributed by atoms with Gasteiger partial charge in [-0.1, -0.05) is 17.7 Å². The summed E-state index contributed by atoms with van der Waals surface area (Å²) in [6.45, 7) is 4.26. The Kier molecular flexibility index (Phi) is 4.33. The predicted molar refractivity (Wildman–Crippen MR) is 85.3 cm³/mol. The van der Waals surface area contributed by atoms with Crippen molar-refractivity contribution in [1.29, 1.82) is 0 Å². The third-order valence-electron chi connectivity index (χ3n) is 2.64. The van der Waals surface area contributed by atoms with Gasteiger partial charge in [-0.05, 0) is 71.1 Å². The Morgan fingerprint density at radius 1 is 1.35 bits per heavy atom. The van der Waals surface area contributed by atoms with Gasteiger partial charge in [0.1, 0.15) is 0 Å². The van der Waals surface area contributed by atoms with Gasteiger partial charge in [0.15, 0.2) is 0 Å². The van der Waals surface area contributed by atoms with E-state index in [0.29, 0.717) is 0 Å². The fourth-order valence-electron chi connectivity index (χ4n) is 1.57. The van der Waals surface area contributed by atoms with E-state index in [4.69, 9.17) is 11.6 Å². The van der Waals surface area contributed by atoms with Crippen molar-refractivity contribution in [3.8, 4) is 0 Å². The smallest absolute Gasteiger partial charge is 0.0931 e. The summed E-state index contributed by atoms with van der Waals surface area (Å²) in [6, 6.07) is 8.71. The van der Waals surface area contributed by atoms with Crippen molar-refractivity contribution in [1.82, 2.24) is 0 Å². The highest BCUT2D eigenvalue weighted by Crippen LogP contribution is 2.27. The molecule has 2 rings (SSSR count). The van der Waals surface area contributed by atoms with E-state index in [2.05, 4.69) is 65.3 Å². The summed E-state index contributed by atoms with van der Waals surface area (Å²) in [5.41, 5.74) is 3.69. The average molecular weight is 378 g/mol. The summed E-state index contributed by atoms with van der Waals surface area (Å²) in [4.78, 5) is 0. The van der Waals surface area contributed by atoms with Crippen LogP contribution in [0.4, 0.5) is 5.69 Å². The molecule has 1 unspecified atom stereocenters. The minimum Gasteiger partial charge on any atom is -0.378 e. The van der Waals surface area contributed by atoms with E-state index in [1.54, 1.807) is 11.3 Å². The van der Waals surface area contributed by atoms with Gasteiger partial charge in [0.05, 0.1) is 4.34 Å². The number of aryl methyl sites for hydroxylation is 1. The maximum Gasteiger partial charge on any atom is 0.0931 e. The molecule has 0 bridgehead atoms. The van der Waals surface area contributed by atoms with Crippen LogP contribution in [0.15, 0.2) is 29.6 Å². The van der Waals surface area contributed by atoms with Crippen LogP contribution in [0.2, 0.25) is 4.34 Å².